The molecule has 0 aliphatic heterocycles. The smallest absolute Gasteiger partial charge is 0.213 e. The van der Waals surface area contributed by atoms with Gasteiger partial charge in [-0.05, 0) is 21.0 Å². The van der Waals surface area contributed by atoms with Crippen LogP contribution in [0.2, 0.25) is 0 Å². The lowest BCUT2D eigenvalue weighted by atomic mass is 10.3. The minimum atomic E-state index is -3.29. The Morgan fingerprint density at radius 2 is 2.00 bits per heavy atom. The molecule has 6 heteroatoms. The third kappa shape index (κ3) is 5.98. The van der Waals surface area contributed by atoms with Crippen LogP contribution in [0.5, 0.6) is 0 Å². The van der Waals surface area contributed by atoms with Gasteiger partial charge in [-0.25, -0.2) is 13.1 Å². The van der Waals surface area contributed by atoms with E-state index in [2.05, 4.69) is 4.72 Å². The first-order valence-electron chi connectivity index (χ1n) is 4.13. The van der Waals surface area contributed by atoms with Crippen molar-refractivity contribution in [3.8, 4) is 0 Å². The van der Waals surface area contributed by atoms with Crippen molar-refractivity contribution in [1.82, 2.24) is 9.62 Å². The van der Waals surface area contributed by atoms with Crippen molar-refractivity contribution in [2.45, 2.75) is 13.0 Å². The Balaban J connectivity index is 3.88. The van der Waals surface area contributed by atoms with Crippen molar-refractivity contribution in [1.29, 1.82) is 0 Å². The molecule has 0 radical (unpaired) electrons. The quantitative estimate of drug-likeness (QED) is 0.581. The van der Waals surface area contributed by atoms with Crippen LogP contribution in [0.25, 0.3) is 0 Å². The fraction of sp³-hybridized carbons (Fsp3) is 1.00. The summed E-state index contributed by atoms with van der Waals surface area (Å²) in [5, 5.41) is 8.45. The number of nitrogens with one attached hydrogen (secondary N) is 1. The maximum Gasteiger partial charge on any atom is 0.213 e. The molecule has 0 amide bonds. The maximum absolute atomic E-state index is 11.1. The van der Waals surface area contributed by atoms with Crippen molar-refractivity contribution >= 4 is 10.0 Å². The fourth-order valence-corrected chi connectivity index (χ4v) is 1.50. The van der Waals surface area contributed by atoms with Crippen LogP contribution in [-0.4, -0.2) is 57.5 Å². The van der Waals surface area contributed by atoms with Gasteiger partial charge in [-0.2, -0.15) is 0 Å². The molecule has 1 atom stereocenters. The summed E-state index contributed by atoms with van der Waals surface area (Å²) in [6.07, 6.45) is 0. The van der Waals surface area contributed by atoms with Crippen molar-refractivity contribution in [2.24, 2.45) is 0 Å². The van der Waals surface area contributed by atoms with E-state index in [0.717, 1.165) is 0 Å². The van der Waals surface area contributed by atoms with Crippen LogP contribution in [0.15, 0.2) is 0 Å². The summed E-state index contributed by atoms with van der Waals surface area (Å²) < 4.78 is 24.5. The number of hydrogen-bond donors (Lipinski definition) is 2. The largest absolute Gasteiger partial charge is 0.395 e. The van der Waals surface area contributed by atoms with Crippen LogP contribution in [0, 0.1) is 0 Å². The van der Waals surface area contributed by atoms with Gasteiger partial charge in [-0.1, -0.05) is 0 Å². The molecule has 5 nitrogen and oxygen atoms in total. The second-order valence-corrected chi connectivity index (χ2v) is 5.13. The number of aliphatic hydroxyl groups is 1. The lowest BCUT2D eigenvalue weighted by Crippen LogP contribution is -2.39. The Bertz CT molecular complexity index is 226. The molecule has 13 heavy (non-hydrogen) atoms. The Morgan fingerprint density at radius 1 is 1.46 bits per heavy atom. The molecule has 0 aliphatic rings. The molecule has 80 valence electrons. The molecule has 0 bridgehead atoms. The molecule has 0 saturated heterocycles. The second kappa shape index (κ2) is 5.54. The van der Waals surface area contributed by atoms with Gasteiger partial charge in [0.15, 0.2) is 0 Å². The SMILES string of the molecule is CC(CNS(=O)(=O)CCO)N(C)C. The predicted molar refractivity (Wildman–Crippen MR) is 52.0 cm³/mol. The van der Waals surface area contributed by atoms with E-state index in [1.165, 1.54) is 0 Å². The van der Waals surface area contributed by atoms with Gasteiger partial charge in [0.2, 0.25) is 10.0 Å². The number of sulfonamides is 1. The van der Waals surface area contributed by atoms with Gasteiger partial charge < -0.3 is 10.0 Å². The summed E-state index contributed by atoms with van der Waals surface area (Å²) in [5.74, 6) is -0.229. The maximum atomic E-state index is 11.1. The Labute approximate surface area is 79.8 Å². The monoisotopic (exact) mass is 210 g/mol. The van der Waals surface area contributed by atoms with Crippen LogP contribution in [-0.2, 0) is 10.0 Å². The lowest BCUT2D eigenvalue weighted by Gasteiger charge is -2.19. The number of aliphatic hydroxyl groups excluding tert-OH is 1. The molecule has 0 saturated carbocycles. The van der Waals surface area contributed by atoms with E-state index in [9.17, 15) is 8.42 Å². The molecular weight excluding hydrogens is 192 g/mol. The predicted octanol–water partition coefficient (Wildman–Crippen LogP) is -1.15. The molecule has 0 aromatic rings. The van der Waals surface area contributed by atoms with E-state index in [-0.39, 0.29) is 18.4 Å². The third-order valence-electron chi connectivity index (χ3n) is 1.84. The van der Waals surface area contributed by atoms with Crippen LogP contribution < -0.4 is 4.72 Å². The average molecular weight is 210 g/mol. The highest BCUT2D eigenvalue weighted by Gasteiger charge is 2.11. The molecule has 0 rings (SSSR count). The number of nitrogens with zero attached hydrogens (tertiary/aromatic N) is 1. The van der Waals surface area contributed by atoms with Crippen molar-refractivity contribution in [3.63, 3.8) is 0 Å². The minimum Gasteiger partial charge on any atom is -0.395 e. The first-order chi connectivity index (χ1) is 5.89. The molecule has 0 spiro atoms. The standard InChI is InChI=1S/C7H18N2O3S/c1-7(9(2)3)6-8-13(11,12)5-4-10/h7-8,10H,4-6H2,1-3H3. The minimum absolute atomic E-state index is 0.147. The number of hydrogen-bond acceptors (Lipinski definition) is 4. The molecule has 2 N–H and O–H groups in total. The fourth-order valence-electron chi connectivity index (χ4n) is 0.622. The summed E-state index contributed by atoms with van der Waals surface area (Å²) >= 11 is 0. The van der Waals surface area contributed by atoms with E-state index in [1.54, 1.807) is 0 Å². The molecule has 0 aromatic heterocycles. The van der Waals surface area contributed by atoms with E-state index in [4.69, 9.17) is 5.11 Å². The van der Waals surface area contributed by atoms with Gasteiger partial charge in [0.25, 0.3) is 0 Å². The Morgan fingerprint density at radius 3 is 2.38 bits per heavy atom. The molecule has 1 unspecified atom stereocenters. The van der Waals surface area contributed by atoms with Crippen LogP contribution in [0.3, 0.4) is 0 Å². The zero-order valence-corrected chi connectivity index (χ0v) is 9.13. The van der Waals surface area contributed by atoms with Crippen LogP contribution in [0.4, 0.5) is 0 Å². The summed E-state index contributed by atoms with van der Waals surface area (Å²) in [4.78, 5) is 1.92. The Hall–Kier alpha value is -0.170. The summed E-state index contributed by atoms with van der Waals surface area (Å²) in [5.41, 5.74) is 0. The normalized spacial score (nSPS) is 14.8. The lowest BCUT2D eigenvalue weighted by molar-refractivity contribution is 0.310. The zero-order valence-electron chi connectivity index (χ0n) is 8.32. The van der Waals surface area contributed by atoms with Gasteiger partial charge >= 0.3 is 0 Å². The molecular formula is C7H18N2O3S. The highest BCUT2D eigenvalue weighted by atomic mass is 32.2. The van der Waals surface area contributed by atoms with Crippen LogP contribution in [0.1, 0.15) is 6.92 Å². The highest BCUT2D eigenvalue weighted by molar-refractivity contribution is 7.89. The van der Waals surface area contributed by atoms with E-state index in [1.807, 2.05) is 25.9 Å². The van der Waals surface area contributed by atoms with E-state index < -0.39 is 10.0 Å². The molecule has 0 heterocycles. The first-order valence-corrected chi connectivity index (χ1v) is 5.79. The Kier molecular flexibility index (Phi) is 5.46. The third-order valence-corrected chi connectivity index (χ3v) is 3.17. The van der Waals surface area contributed by atoms with Gasteiger partial charge in [0, 0.05) is 12.6 Å². The van der Waals surface area contributed by atoms with E-state index in [0.29, 0.717) is 6.54 Å². The van der Waals surface area contributed by atoms with E-state index >= 15 is 0 Å². The molecule has 0 aromatic carbocycles. The highest BCUT2D eigenvalue weighted by Crippen LogP contribution is 1.90. The van der Waals surface area contributed by atoms with Gasteiger partial charge in [0.1, 0.15) is 0 Å². The molecule has 0 aliphatic carbocycles. The summed E-state index contributed by atoms with van der Waals surface area (Å²) in [6.45, 7) is 1.95. The van der Waals surface area contributed by atoms with Crippen LogP contribution >= 0.6 is 0 Å². The van der Waals surface area contributed by atoms with Gasteiger partial charge in [0.05, 0.1) is 12.4 Å². The number of likely N-dealkylation sites (N-methyl/N-ethyl adjacent to an activating group) is 1. The first kappa shape index (κ1) is 12.8. The summed E-state index contributed by atoms with van der Waals surface area (Å²) in [7, 11) is 0.473. The number of rotatable bonds is 6. The summed E-state index contributed by atoms with van der Waals surface area (Å²) in [6, 6.07) is 0.147. The zero-order chi connectivity index (χ0) is 10.5. The van der Waals surface area contributed by atoms with Crippen molar-refractivity contribution in [3.05, 3.63) is 0 Å². The average Bonchev–Trinajstić information content (AvgIpc) is 2.00. The van der Waals surface area contributed by atoms with Gasteiger partial charge in [-0.3, -0.25) is 0 Å². The topological polar surface area (TPSA) is 69.6 Å². The van der Waals surface area contributed by atoms with Crippen molar-refractivity contribution in [2.75, 3.05) is 33.0 Å². The second-order valence-electron chi connectivity index (χ2n) is 3.20. The molecule has 0 fully saturated rings. The van der Waals surface area contributed by atoms with Gasteiger partial charge in [-0.15, -0.1) is 0 Å². The van der Waals surface area contributed by atoms with Crippen molar-refractivity contribution < 1.29 is 13.5 Å².